The molecule has 1 nitrogen and oxygen atoms in total. The number of thiophene rings is 1. The third-order valence-corrected chi connectivity index (χ3v) is 7.11. The number of aromatic nitrogens is 1. The smallest absolute Gasteiger partial charge is 0.0801 e. The molecule has 0 saturated heterocycles. The van der Waals surface area contributed by atoms with Crippen molar-refractivity contribution in [1.29, 1.82) is 0 Å². The zero-order valence-corrected chi connectivity index (χ0v) is 12.4. The van der Waals surface area contributed by atoms with Crippen molar-refractivity contribution >= 4 is 23.1 Å². The number of allylic oxidation sites excluding steroid dienone is 2. The molecular formula is C16H15NS2. The molecule has 2 unspecified atom stereocenters. The summed E-state index contributed by atoms with van der Waals surface area (Å²) in [5, 5.41) is 0. The van der Waals surface area contributed by atoms with Gasteiger partial charge in [0, 0.05) is 11.1 Å². The Labute approximate surface area is 121 Å². The summed E-state index contributed by atoms with van der Waals surface area (Å²) >= 11 is 4.02. The van der Waals surface area contributed by atoms with Crippen LogP contribution < -0.4 is 0 Å². The van der Waals surface area contributed by atoms with Crippen LogP contribution in [-0.2, 0) is 4.75 Å². The molecule has 1 aliphatic carbocycles. The lowest BCUT2D eigenvalue weighted by atomic mass is 10.2. The van der Waals surface area contributed by atoms with Gasteiger partial charge >= 0.3 is 0 Å². The van der Waals surface area contributed by atoms with Crippen LogP contribution in [0.2, 0.25) is 0 Å². The molecule has 2 atom stereocenters. The Balaban J connectivity index is 1.64. The fourth-order valence-corrected chi connectivity index (χ4v) is 5.69. The molecule has 0 bridgehead atoms. The first-order valence-electron chi connectivity index (χ1n) is 6.73. The Morgan fingerprint density at radius 1 is 1.32 bits per heavy atom. The summed E-state index contributed by atoms with van der Waals surface area (Å²) in [5.74, 6) is 0.780. The molecule has 2 aromatic rings. The molecule has 1 aliphatic heterocycles. The van der Waals surface area contributed by atoms with Gasteiger partial charge in [-0.25, -0.2) is 0 Å². The second kappa shape index (κ2) is 4.22. The minimum Gasteiger partial charge on any atom is -0.255 e. The minimum atomic E-state index is 0.392. The van der Waals surface area contributed by atoms with E-state index in [0.29, 0.717) is 4.75 Å². The molecule has 0 amide bonds. The highest BCUT2D eigenvalue weighted by Crippen LogP contribution is 2.70. The fraction of sp³-hybridized carbons (Fsp3) is 0.312. The van der Waals surface area contributed by atoms with Crippen LogP contribution in [0.3, 0.4) is 0 Å². The average molecular weight is 285 g/mol. The van der Waals surface area contributed by atoms with Crippen molar-refractivity contribution in [3.63, 3.8) is 0 Å². The van der Waals surface area contributed by atoms with Gasteiger partial charge in [0.2, 0.25) is 0 Å². The Morgan fingerprint density at radius 3 is 3.00 bits per heavy atom. The standard InChI is InChI=1S/C16H15NS2/c1-2-12-9-11-10-16(11,19-12)15-7-6-14(18-15)13-5-3-4-8-17-13/h3-9,11H,2,10H2,1H3. The van der Waals surface area contributed by atoms with Crippen LogP contribution in [0.4, 0.5) is 0 Å². The Hall–Kier alpha value is -1.06. The van der Waals surface area contributed by atoms with E-state index in [0.717, 1.165) is 11.6 Å². The summed E-state index contributed by atoms with van der Waals surface area (Å²) in [6, 6.07) is 10.7. The summed E-state index contributed by atoms with van der Waals surface area (Å²) in [4.78, 5) is 8.84. The first-order chi connectivity index (χ1) is 9.32. The molecule has 0 aromatic carbocycles. The van der Waals surface area contributed by atoms with E-state index in [2.05, 4.69) is 54.0 Å². The monoisotopic (exact) mass is 285 g/mol. The van der Waals surface area contributed by atoms with Gasteiger partial charge in [0.05, 0.1) is 15.3 Å². The minimum absolute atomic E-state index is 0.392. The van der Waals surface area contributed by atoms with E-state index < -0.39 is 0 Å². The normalized spacial score (nSPS) is 28.1. The number of nitrogens with zero attached hydrogens (tertiary/aromatic N) is 1. The van der Waals surface area contributed by atoms with Crippen molar-refractivity contribution in [2.45, 2.75) is 24.5 Å². The van der Waals surface area contributed by atoms with Crippen molar-refractivity contribution in [3.8, 4) is 10.6 Å². The van der Waals surface area contributed by atoms with E-state index in [1.165, 1.54) is 22.6 Å². The number of pyridine rings is 1. The summed E-state index contributed by atoms with van der Waals surface area (Å²) in [6.45, 7) is 2.25. The van der Waals surface area contributed by atoms with Crippen LogP contribution in [0.25, 0.3) is 10.6 Å². The van der Waals surface area contributed by atoms with Crippen LogP contribution in [0.1, 0.15) is 24.6 Å². The molecule has 3 heteroatoms. The zero-order valence-electron chi connectivity index (χ0n) is 10.8. The summed E-state index contributed by atoms with van der Waals surface area (Å²) in [6.07, 6.45) is 6.86. The molecule has 96 valence electrons. The topological polar surface area (TPSA) is 12.9 Å². The SMILES string of the molecule is CCC1=CC2CC2(c2ccc(-c3ccccn3)s2)S1. The van der Waals surface area contributed by atoms with Gasteiger partial charge < -0.3 is 0 Å². The van der Waals surface area contributed by atoms with Gasteiger partial charge in [-0.1, -0.05) is 19.1 Å². The van der Waals surface area contributed by atoms with E-state index in [-0.39, 0.29) is 0 Å². The number of thioether (sulfide) groups is 1. The van der Waals surface area contributed by atoms with Gasteiger partial charge in [-0.05, 0) is 47.9 Å². The van der Waals surface area contributed by atoms with Crippen molar-refractivity contribution in [2.24, 2.45) is 5.92 Å². The molecule has 1 fully saturated rings. The van der Waals surface area contributed by atoms with E-state index in [1.54, 1.807) is 4.91 Å². The average Bonchev–Trinajstić information content (AvgIpc) is 2.85. The van der Waals surface area contributed by atoms with Crippen LogP contribution in [0, 0.1) is 5.92 Å². The Morgan fingerprint density at radius 2 is 2.26 bits per heavy atom. The first-order valence-corrected chi connectivity index (χ1v) is 8.36. The highest BCUT2D eigenvalue weighted by Gasteiger charge is 2.59. The van der Waals surface area contributed by atoms with Gasteiger partial charge in [0.1, 0.15) is 0 Å². The lowest BCUT2D eigenvalue weighted by molar-refractivity contribution is 0.984. The maximum atomic E-state index is 4.45. The predicted octanol–water partition coefficient (Wildman–Crippen LogP) is 5.07. The summed E-state index contributed by atoms with van der Waals surface area (Å²) in [7, 11) is 0. The number of rotatable bonds is 3. The number of fused-ring (bicyclic) bond motifs is 1. The predicted molar refractivity (Wildman–Crippen MR) is 83.3 cm³/mol. The van der Waals surface area contributed by atoms with Gasteiger partial charge in [-0.2, -0.15) is 0 Å². The highest BCUT2D eigenvalue weighted by atomic mass is 32.2. The Bertz CT molecular complexity index is 644. The highest BCUT2D eigenvalue weighted by molar-refractivity contribution is 8.04. The van der Waals surface area contributed by atoms with E-state index in [4.69, 9.17) is 0 Å². The molecule has 0 N–H and O–H groups in total. The number of hydrogen-bond acceptors (Lipinski definition) is 3. The first kappa shape index (κ1) is 11.7. The quantitative estimate of drug-likeness (QED) is 0.781. The molecule has 2 aliphatic rings. The van der Waals surface area contributed by atoms with Crippen molar-refractivity contribution in [2.75, 3.05) is 0 Å². The maximum Gasteiger partial charge on any atom is 0.0801 e. The third kappa shape index (κ3) is 1.79. The molecule has 0 radical (unpaired) electrons. The van der Waals surface area contributed by atoms with Crippen LogP contribution in [0.5, 0.6) is 0 Å². The lowest BCUT2D eigenvalue weighted by Gasteiger charge is -2.10. The second-order valence-corrected chi connectivity index (χ2v) is 7.71. The summed E-state index contributed by atoms with van der Waals surface area (Å²) < 4.78 is 0.392. The molecule has 0 spiro atoms. The molecular weight excluding hydrogens is 270 g/mol. The largest absolute Gasteiger partial charge is 0.255 e. The van der Waals surface area contributed by atoms with Gasteiger partial charge in [-0.15, -0.1) is 23.1 Å². The van der Waals surface area contributed by atoms with Crippen LogP contribution >= 0.6 is 23.1 Å². The Kier molecular flexibility index (Phi) is 2.61. The van der Waals surface area contributed by atoms with Gasteiger partial charge in [-0.3, -0.25) is 4.98 Å². The molecule has 3 heterocycles. The lowest BCUT2D eigenvalue weighted by Crippen LogP contribution is -1.96. The molecule has 19 heavy (non-hydrogen) atoms. The van der Waals surface area contributed by atoms with Gasteiger partial charge in [0.25, 0.3) is 0 Å². The molecule has 2 aromatic heterocycles. The van der Waals surface area contributed by atoms with Crippen molar-refractivity contribution in [1.82, 2.24) is 4.98 Å². The number of hydrogen-bond donors (Lipinski definition) is 0. The van der Waals surface area contributed by atoms with Crippen LogP contribution in [-0.4, -0.2) is 4.98 Å². The van der Waals surface area contributed by atoms with Crippen molar-refractivity contribution < 1.29 is 0 Å². The molecule has 1 saturated carbocycles. The second-order valence-electron chi connectivity index (χ2n) is 5.17. The fourth-order valence-electron chi connectivity index (χ4n) is 2.81. The summed E-state index contributed by atoms with van der Waals surface area (Å²) in [5.41, 5.74) is 1.10. The van der Waals surface area contributed by atoms with Gasteiger partial charge in [0.15, 0.2) is 0 Å². The van der Waals surface area contributed by atoms with E-state index in [9.17, 15) is 0 Å². The maximum absolute atomic E-state index is 4.45. The molecule has 4 rings (SSSR count). The van der Waals surface area contributed by atoms with Crippen molar-refractivity contribution in [3.05, 3.63) is 52.4 Å². The van der Waals surface area contributed by atoms with E-state index in [1.807, 2.05) is 23.6 Å². The zero-order chi connectivity index (χ0) is 12.9. The van der Waals surface area contributed by atoms with Crippen LogP contribution in [0.15, 0.2) is 47.5 Å². The third-order valence-electron chi connectivity index (χ3n) is 3.95. The van der Waals surface area contributed by atoms with E-state index >= 15 is 0 Å².